The molecule has 0 amide bonds. The van der Waals surface area contributed by atoms with Crippen LogP contribution in [0.1, 0.15) is 25.3 Å². The molecule has 1 aliphatic carbocycles. The van der Waals surface area contributed by atoms with Gasteiger partial charge in [-0.05, 0) is 12.8 Å². The predicted octanol–water partition coefficient (Wildman–Crippen LogP) is 2.27. The number of hydrogen-bond acceptors (Lipinski definition) is 5. The van der Waals surface area contributed by atoms with E-state index < -0.39 is 0 Å². The number of fused-ring (bicyclic) bond motifs is 1. The number of rotatable bonds is 5. The van der Waals surface area contributed by atoms with Crippen LogP contribution in [-0.4, -0.2) is 46.2 Å². The number of Topliss-reactive ketones (excluding diaryl/α,β-unsaturated/α-hetero) is 1. The summed E-state index contributed by atoms with van der Waals surface area (Å²) in [4.78, 5) is 12.1. The summed E-state index contributed by atoms with van der Waals surface area (Å²) >= 11 is 0. The number of nitrogens with zero attached hydrogens (tertiary/aromatic N) is 3. The summed E-state index contributed by atoms with van der Waals surface area (Å²) in [7, 11) is 0. The van der Waals surface area contributed by atoms with E-state index in [1.54, 1.807) is 0 Å². The van der Waals surface area contributed by atoms with Crippen molar-refractivity contribution in [1.29, 1.82) is 0 Å². The molecule has 6 heteroatoms. The van der Waals surface area contributed by atoms with Crippen molar-refractivity contribution in [3.05, 3.63) is 36.5 Å². The van der Waals surface area contributed by atoms with Crippen molar-refractivity contribution in [2.75, 3.05) is 13.2 Å². The van der Waals surface area contributed by atoms with Gasteiger partial charge < -0.3 is 9.47 Å². The van der Waals surface area contributed by atoms with Crippen LogP contribution in [0, 0.1) is 11.8 Å². The Morgan fingerprint density at radius 1 is 1.12 bits per heavy atom. The van der Waals surface area contributed by atoms with Gasteiger partial charge in [-0.25, -0.2) is 4.68 Å². The van der Waals surface area contributed by atoms with Crippen LogP contribution in [0.5, 0.6) is 0 Å². The van der Waals surface area contributed by atoms with Crippen LogP contribution in [0.25, 0.3) is 11.3 Å². The van der Waals surface area contributed by atoms with E-state index in [-0.39, 0.29) is 24.2 Å². The summed E-state index contributed by atoms with van der Waals surface area (Å²) in [5.41, 5.74) is 1.90. The fraction of sp³-hybridized carbons (Fsp3) is 0.526. The Bertz CT molecular complexity index is 771. The second-order valence-electron chi connectivity index (χ2n) is 7.32. The first-order chi connectivity index (χ1) is 12.3. The minimum Gasteiger partial charge on any atom is -0.373 e. The Labute approximate surface area is 146 Å². The summed E-state index contributed by atoms with van der Waals surface area (Å²) < 4.78 is 13.9. The molecule has 2 aromatic rings. The van der Waals surface area contributed by atoms with Crippen molar-refractivity contribution >= 4 is 5.78 Å². The van der Waals surface area contributed by atoms with Gasteiger partial charge in [0, 0.05) is 23.8 Å². The third kappa shape index (κ3) is 2.79. The number of carbonyl (C=O) groups excluding carboxylic acids is 1. The van der Waals surface area contributed by atoms with E-state index in [1.165, 1.54) is 0 Å². The molecule has 0 bridgehead atoms. The number of carbonyl (C=O) groups is 1. The molecule has 3 aliphatic rings. The lowest BCUT2D eigenvalue weighted by Crippen LogP contribution is -2.29. The molecule has 4 unspecified atom stereocenters. The van der Waals surface area contributed by atoms with E-state index in [0.717, 1.165) is 24.1 Å². The maximum Gasteiger partial charge on any atom is 0.136 e. The Hall–Kier alpha value is -2.05. The summed E-state index contributed by atoms with van der Waals surface area (Å²) in [6, 6.07) is 10.0. The molecule has 2 aliphatic heterocycles. The minimum absolute atomic E-state index is 0.00271. The van der Waals surface area contributed by atoms with Crippen molar-refractivity contribution in [3.8, 4) is 11.3 Å². The van der Waals surface area contributed by atoms with Crippen LogP contribution < -0.4 is 0 Å². The highest BCUT2D eigenvalue weighted by Crippen LogP contribution is 2.40. The molecule has 1 aromatic heterocycles. The molecule has 0 radical (unpaired) electrons. The van der Waals surface area contributed by atoms with E-state index in [0.29, 0.717) is 31.3 Å². The van der Waals surface area contributed by atoms with Crippen molar-refractivity contribution in [3.63, 3.8) is 0 Å². The molecule has 1 saturated carbocycles. The molecule has 4 atom stereocenters. The normalized spacial score (nSPS) is 31.2. The molecule has 130 valence electrons. The van der Waals surface area contributed by atoms with Crippen LogP contribution >= 0.6 is 0 Å². The topological polar surface area (TPSA) is 66.2 Å². The van der Waals surface area contributed by atoms with Crippen molar-refractivity contribution in [2.24, 2.45) is 11.8 Å². The standard InChI is InChI=1S/C19H21N3O3/c23-17(13-6-7-13)8-14-10-24-19-16(11-25-18(14)19)22-9-15(20-21-22)12-4-2-1-3-5-12/h1-5,9,13-14,16,18-19H,6-8,10-11H2. The summed E-state index contributed by atoms with van der Waals surface area (Å²) in [5.74, 6) is 0.869. The first kappa shape index (κ1) is 15.2. The number of ketones is 1. The lowest BCUT2D eigenvalue weighted by atomic mass is 9.94. The zero-order valence-corrected chi connectivity index (χ0v) is 14.0. The molecule has 6 nitrogen and oxygen atoms in total. The molecule has 0 spiro atoms. The van der Waals surface area contributed by atoms with Crippen LogP contribution in [0.3, 0.4) is 0 Å². The lowest BCUT2D eigenvalue weighted by molar-refractivity contribution is -0.121. The Kier molecular flexibility index (Phi) is 3.68. The highest BCUT2D eigenvalue weighted by Gasteiger charge is 2.49. The molecule has 3 fully saturated rings. The second-order valence-corrected chi connectivity index (χ2v) is 7.32. The number of benzene rings is 1. The maximum atomic E-state index is 12.1. The number of hydrogen-bond donors (Lipinski definition) is 0. The van der Waals surface area contributed by atoms with Gasteiger partial charge in [0.2, 0.25) is 0 Å². The highest BCUT2D eigenvalue weighted by molar-refractivity contribution is 5.83. The largest absolute Gasteiger partial charge is 0.373 e. The fourth-order valence-corrected chi connectivity index (χ4v) is 3.97. The first-order valence-electron chi connectivity index (χ1n) is 9.03. The molecular formula is C19H21N3O3. The van der Waals surface area contributed by atoms with Crippen LogP contribution in [0.15, 0.2) is 36.5 Å². The lowest BCUT2D eigenvalue weighted by Gasteiger charge is -2.16. The zero-order chi connectivity index (χ0) is 16.8. The number of aromatic nitrogens is 3. The van der Waals surface area contributed by atoms with Gasteiger partial charge in [-0.3, -0.25) is 4.79 Å². The van der Waals surface area contributed by atoms with Gasteiger partial charge in [-0.2, -0.15) is 0 Å². The van der Waals surface area contributed by atoms with E-state index in [1.807, 2.05) is 41.2 Å². The van der Waals surface area contributed by atoms with E-state index in [4.69, 9.17) is 9.47 Å². The van der Waals surface area contributed by atoms with Gasteiger partial charge >= 0.3 is 0 Å². The third-order valence-corrected chi connectivity index (χ3v) is 5.55. The Morgan fingerprint density at radius 3 is 2.72 bits per heavy atom. The van der Waals surface area contributed by atoms with Crippen LogP contribution in [0.4, 0.5) is 0 Å². The summed E-state index contributed by atoms with van der Waals surface area (Å²) in [5, 5.41) is 8.59. The smallest absolute Gasteiger partial charge is 0.136 e. The molecule has 1 aromatic carbocycles. The Morgan fingerprint density at radius 2 is 1.92 bits per heavy atom. The van der Waals surface area contributed by atoms with Gasteiger partial charge in [0.15, 0.2) is 0 Å². The second kappa shape index (κ2) is 6.04. The van der Waals surface area contributed by atoms with Crippen LogP contribution in [-0.2, 0) is 14.3 Å². The van der Waals surface area contributed by atoms with Gasteiger partial charge in [0.1, 0.15) is 23.6 Å². The van der Waals surface area contributed by atoms with Crippen molar-refractivity contribution < 1.29 is 14.3 Å². The highest BCUT2D eigenvalue weighted by atomic mass is 16.6. The van der Waals surface area contributed by atoms with Gasteiger partial charge in [0.25, 0.3) is 0 Å². The fourth-order valence-electron chi connectivity index (χ4n) is 3.97. The van der Waals surface area contributed by atoms with Gasteiger partial charge in [-0.1, -0.05) is 35.5 Å². The molecular weight excluding hydrogens is 318 g/mol. The average molecular weight is 339 g/mol. The maximum absolute atomic E-state index is 12.1. The molecule has 0 N–H and O–H groups in total. The minimum atomic E-state index is -0.0395. The quantitative estimate of drug-likeness (QED) is 0.836. The first-order valence-corrected chi connectivity index (χ1v) is 9.03. The van der Waals surface area contributed by atoms with E-state index in [2.05, 4.69) is 10.3 Å². The molecule has 25 heavy (non-hydrogen) atoms. The van der Waals surface area contributed by atoms with Gasteiger partial charge in [0.05, 0.1) is 25.5 Å². The Balaban J connectivity index is 1.30. The van der Waals surface area contributed by atoms with Crippen LogP contribution in [0.2, 0.25) is 0 Å². The number of ether oxygens (including phenoxy) is 2. The molecule has 3 heterocycles. The molecule has 2 saturated heterocycles. The van der Waals surface area contributed by atoms with Crippen molar-refractivity contribution in [2.45, 2.75) is 37.5 Å². The van der Waals surface area contributed by atoms with Gasteiger partial charge in [-0.15, -0.1) is 5.10 Å². The average Bonchev–Trinajstić information content (AvgIpc) is 3.05. The summed E-state index contributed by atoms with van der Waals surface area (Å²) in [6.07, 6.45) is 4.62. The van der Waals surface area contributed by atoms with E-state index in [9.17, 15) is 4.79 Å². The monoisotopic (exact) mass is 339 g/mol. The van der Waals surface area contributed by atoms with Crippen molar-refractivity contribution in [1.82, 2.24) is 15.0 Å². The molecule has 5 rings (SSSR count). The zero-order valence-electron chi connectivity index (χ0n) is 14.0. The SMILES string of the molecule is O=C(CC1COC2C1OCC2n1cc(-c2ccccc2)nn1)C1CC1. The predicted molar refractivity (Wildman–Crippen MR) is 89.8 cm³/mol. The van der Waals surface area contributed by atoms with E-state index >= 15 is 0 Å². The third-order valence-electron chi connectivity index (χ3n) is 5.55. The summed E-state index contributed by atoms with van der Waals surface area (Å²) in [6.45, 7) is 1.16.